The highest BCUT2D eigenvalue weighted by Crippen LogP contribution is 2.28. The number of furan rings is 1. The second-order valence-corrected chi connectivity index (χ2v) is 7.63. The van der Waals surface area contributed by atoms with Gasteiger partial charge in [0.2, 0.25) is 5.91 Å². The molecule has 0 bridgehead atoms. The molecule has 0 spiro atoms. The molecule has 8 heteroatoms. The SMILES string of the molecule is Cn1c(SCC(=O)Nc2ccccc2Br)nnc1-c1cc2ccccc2o1. The van der Waals surface area contributed by atoms with Crippen molar-refractivity contribution in [3.8, 4) is 11.6 Å². The number of carbonyl (C=O) groups excluding carboxylic acids is 1. The lowest BCUT2D eigenvalue weighted by atomic mass is 10.2. The maximum atomic E-state index is 12.2. The van der Waals surface area contributed by atoms with E-state index in [0.717, 1.165) is 21.1 Å². The van der Waals surface area contributed by atoms with Crippen molar-refractivity contribution < 1.29 is 9.21 Å². The molecule has 0 radical (unpaired) electrons. The Morgan fingerprint density at radius 1 is 1.19 bits per heavy atom. The highest BCUT2D eigenvalue weighted by molar-refractivity contribution is 9.10. The third kappa shape index (κ3) is 3.77. The van der Waals surface area contributed by atoms with E-state index in [0.29, 0.717) is 16.7 Å². The van der Waals surface area contributed by atoms with Crippen LogP contribution in [0.2, 0.25) is 0 Å². The number of hydrogen-bond acceptors (Lipinski definition) is 5. The second kappa shape index (κ2) is 7.58. The molecular formula is C19H15BrN4O2S. The van der Waals surface area contributed by atoms with E-state index in [1.807, 2.05) is 66.2 Å². The molecule has 0 saturated carbocycles. The smallest absolute Gasteiger partial charge is 0.234 e. The Kier molecular flexibility index (Phi) is 5.00. The van der Waals surface area contributed by atoms with E-state index in [9.17, 15) is 4.79 Å². The number of aromatic nitrogens is 3. The molecule has 6 nitrogen and oxygen atoms in total. The number of rotatable bonds is 5. The summed E-state index contributed by atoms with van der Waals surface area (Å²) in [4.78, 5) is 12.2. The van der Waals surface area contributed by atoms with Gasteiger partial charge in [-0.15, -0.1) is 10.2 Å². The Bertz CT molecular complexity index is 1090. The minimum atomic E-state index is -0.111. The number of hydrogen-bond donors (Lipinski definition) is 1. The number of nitrogens with zero attached hydrogens (tertiary/aromatic N) is 3. The van der Waals surface area contributed by atoms with Crippen LogP contribution in [0.3, 0.4) is 0 Å². The summed E-state index contributed by atoms with van der Waals surface area (Å²) in [7, 11) is 1.86. The highest BCUT2D eigenvalue weighted by Gasteiger charge is 2.16. The molecule has 0 aliphatic rings. The van der Waals surface area contributed by atoms with E-state index in [-0.39, 0.29) is 11.7 Å². The summed E-state index contributed by atoms with van der Waals surface area (Å²) >= 11 is 4.74. The lowest BCUT2D eigenvalue weighted by molar-refractivity contribution is -0.113. The van der Waals surface area contributed by atoms with Gasteiger partial charge in [0, 0.05) is 16.9 Å². The van der Waals surface area contributed by atoms with Crippen LogP contribution < -0.4 is 5.32 Å². The lowest BCUT2D eigenvalue weighted by Gasteiger charge is -2.06. The number of carbonyl (C=O) groups is 1. The maximum Gasteiger partial charge on any atom is 0.234 e. The van der Waals surface area contributed by atoms with E-state index < -0.39 is 0 Å². The Morgan fingerprint density at radius 3 is 2.78 bits per heavy atom. The van der Waals surface area contributed by atoms with Gasteiger partial charge < -0.3 is 14.3 Å². The van der Waals surface area contributed by atoms with Gasteiger partial charge in [-0.25, -0.2) is 0 Å². The van der Waals surface area contributed by atoms with Crippen LogP contribution in [-0.4, -0.2) is 26.4 Å². The van der Waals surface area contributed by atoms with Gasteiger partial charge in [0.1, 0.15) is 5.58 Å². The van der Waals surface area contributed by atoms with E-state index in [1.165, 1.54) is 11.8 Å². The minimum absolute atomic E-state index is 0.111. The molecule has 0 saturated heterocycles. The average Bonchev–Trinajstić information content (AvgIpc) is 3.25. The molecule has 0 aliphatic carbocycles. The second-order valence-electron chi connectivity index (χ2n) is 5.83. The predicted octanol–water partition coefficient (Wildman–Crippen LogP) is 4.72. The molecule has 0 unspecified atom stereocenters. The molecule has 0 aliphatic heterocycles. The molecule has 1 N–H and O–H groups in total. The Labute approximate surface area is 168 Å². The molecule has 4 aromatic rings. The number of para-hydroxylation sites is 2. The van der Waals surface area contributed by atoms with Gasteiger partial charge in [-0.2, -0.15) is 0 Å². The standard InChI is InChI=1S/C19H15BrN4O2S/c1-24-18(16-10-12-6-2-5-9-15(12)26-16)22-23-19(24)27-11-17(25)21-14-8-4-3-7-13(14)20/h2-10H,11H2,1H3,(H,21,25). The van der Waals surface area contributed by atoms with Gasteiger partial charge in [-0.3, -0.25) is 4.79 Å². The first kappa shape index (κ1) is 17.8. The van der Waals surface area contributed by atoms with Gasteiger partial charge in [0.15, 0.2) is 16.7 Å². The molecule has 2 aromatic carbocycles. The van der Waals surface area contributed by atoms with E-state index >= 15 is 0 Å². The fraction of sp³-hybridized carbons (Fsp3) is 0.105. The molecule has 27 heavy (non-hydrogen) atoms. The molecule has 2 aromatic heterocycles. The summed E-state index contributed by atoms with van der Waals surface area (Å²) in [6.45, 7) is 0. The van der Waals surface area contributed by atoms with Gasteiger partial charge >= 0.3 is 0 Å². The van der Waals surface area contributed by atoms with Gasteiger partial charge in [0.05, 0.1) is 11.4 Å². The molecule has 2 heterocycles. The number of amides is 1. The van der Waals surface area contributed by atoms with Crippen LogP contribution in [0.15, 0.2) is 68.6 Å². The van der Waals surface area contributed by atoms with Crippen LogP contribution in [0.4, 0.5) is 5.69 Å². The predicted molar refractivity (Wildman–Crippen MR) is 110 cm³/mol. The molecule has 1 amide bonds. The van der Waals surface area contributed by atoms with E-state index in [4.69, 9.17) is 4.42 Å². The van der Waals surface area contributed by atoms with Crippen LogP contribution in [0.5, 0.6) is 0 Å². The normalized spacial score (nSPS) is 11.0. The Balaban J connectivity index is 1.46. The minimum Gasteiger partial charge on any atom is -0.453 e. The Hall–Kier alpha value is -2.58. The monoisotopic (exact) mass is 442 g/mol. The fourth-order valence-electron chi connectivity index (χ4n) is 2.63. The zero-order chi connectivity index (χ0) is 18.8. The topological polar surface area (TPSA) is 73.0 Å². The van der Waals surface area contributed by atoms with Crippen molar-refractivity contribution >= 4 is 50.3 Å². The first-order valence-corrected chi connectivity index (χ1v) is 9.95. The summed E-state index contributed by atoms with van der Waals surface area (Å²) in [5.41, 5.74) is 1.54. The maximum absolute atomic E-state index is 12.2. The van der Waals surface area contributed by atoms with E-state index in [2.05, 4.69) is 31.4 Å². The van der Waals surface area contributed by atoms with Crippen molar-refractivity contribution in [3.63, 3.8) is 0 Å². The first-order chi connectivity index (χ1) is 13.1. The number of thioether (sulfide) groups is 1. The van der Waals surface area contributed by atoms with Crippen LogP contribution in [0.25, 0.3) is 22.6 Å². The van der Waals surface area contributed by atoms with Crippen molar-refractivity contribution in [2.24, 2.45) is 7.05 Å². The third-order valence-corrected chi connectivity index (χ3v) is 5.67. The van der Waals surface area contributed by atoms with Crippen molar-refractivity contribution in [3.05, 3.63) is 59.1 Å². The number of halogens is 1. The summed E-state index contributed by atoms with van der Waals surface area (Å²) < 4.78 is 8.52. The summed E-state index contributed by atoms with van der Waals surface area (Å²) in [5, 5.41) is 12.9. The van der Waals surface area contributed by atoms with Crippen LogP contribution >= 0.6 is 27.7 Å². The first-order valence-electron chi connectivity index (χ1n) is 8.17. The summed E-state index contributed by atoms with van der Waals surface area (Å²) in [5.74, 6) is 1.39. The van der Waals surface area contributed by atoms with Crippen LogP contribution in [0.1, 0.15) is 0 Å². The average molecular weight is 443 g/mol. The van der Waals surface area contributed by atoms with Crippen LogP contribution in [-0.2, 0) is 11.8 Å². The zero-order valence-electron chi connectivity index (χ0n) is 14.3. The van der Waals surface area contributed by atoms with Crippen molar-refractivity contribution in [2.75, 3.05) is 11.1 Å². The highest BCUT2D eigenvalue weighted by atomic mass is 79.9. The molecule has 0 atom stereocenters. The third-order valence-electron chi connectivity index (χ3n) is 3.96. The number of nitrogens with one attached hydrogen (secondary N) is 1. The van der Waals surface area contributed by atoms with Gasteiger partial charge in [0.25, 0.3) is 0 Å². The van der Waals surface area contributed by atoms with Crippen molar-refractivity contribution in [1.82, 2.24) is 14.8 Å². The fourth-order valence-corrected chi connectivity index (χ4v) is 3.72. The van der Waals surface area contributed by atoms with Crippen molar-refractivity contribution in [1.29, 1.82) is 0 Å². The number of anilines is 1. The molecule has 0 fully saturated rings. The summed E-state index contributed by atoms with van der Waals surface area (Å²) in [6, 6.07) is 17.2. The number of benzene rings is 2. The largest absolute Gasteiger partial charge is 0.453 e. The van der Waals surface area contributed by atoms with Crippen molar-refractivity contribution in [2.45, 2.75) is 5.16 Å². The Morgan fingerprint density at radius 2 is 1.96 bits per heavy atom. The zero-order valence-corrected chi connectivity index (χ0v) is 16.8. The van der Waals surface area contributed by atoms with Gasteiger partial charge in [-0.05, 0) is 40.2 Å². The number of fused-ring (bicyclic) bond motifs is 1. The van der Waals surface area contributed by atoms with E-state index in [1.54, 1.807) is 0 Å². The van der Waals surface area contributed by atoms with Crippen LogP contribution in [0, 0.1) is 0 Å². The molecule has 136 valence electrons. The lowest BCUT2D eigenvalue weighted by Crippen LogP contribution is -2.14. The quantitative estimate of drug-likeness (QED) is 0.452. The summed E-state index contributed by atoms with van der Waals surface area (Å²) in [6.07, 6.45) is 0. The molecular weight excluding hydrogens is 428 g/mol. The molecule has 4 rings (SSSR count). The van der Waals surface area contributed by atoms with Gasteiger partial charge in [-0.1, -0.05) is 42.1 Å².